The summed E-state index contributed by atoms with van der Waals surface area (Å²) < 4.78 is 6.08. The third kappa shape index (κ3) is 2.39. The van der Waals surface area contributed by atoms with Gasteiger partial charge in [0.25, 0.3) is 0 Å². The monoisotopic (exact) mass is 359 g/mol. The Morgan fingerprint density at radius 3 is 2.32 bits per heavy atom. The number of fused-ring (bicyclic) bond motifs is 4. The molecule has 6 rings (SSSR count). The second-order valence-electron chi connectivity index (χ2n) is 7.27. The Labute approximate surface area is 163 Å². The number of benzene rings is 4. The Bertz CT molecular complexity index is 1330. The molecule has 0 radical (unpaired) electrons. The van der Waals surface area contributed by atoms with Crippen LogP contribution in [0.15, 0.2) is 95.4 Å². The number of rotatable bonds is 2. The van der Waals surface area contributed by atoms with E-state index in [-0.39, 0.29) is 0 Å². The van der Waals surface area contributed by atoms with E-state index in [1.54, 1.807) is 0 Å². The van der Waals surface area contributed by atoms with E-state index in [1.165, 1.54) is 27.8 Å². The van der Waals surface area contributed by atoms with Gasteiger partial charge in [-0.25, -0.2) is 4.98 Å². The molecule has 0 saturated heterocycles. The van der Waals surface area contributed by atoms with Crippen molar-refractivity contribution in [3.8, 4) is 33.7 Å². The van der Waals surface area contributed by atoms with E-state index in [0.29, 0.717) is 5.89 Å². The molecule has 1 aromatic heterocycles. The summed E-state index contributed by atoms with van der Waals surface area (Å²) in [5.41, 5.74) is 10.4. The number of hydrogen-bond acceptors (Lipinski definition) is 2. The van der Waals surface area contributed by atoms with Gasteiger partial charge < -0.3 is 4.42 Å². The summed E-state index contributed by atoms with van der Waals surface area (Å²) in [6, 6.07) is 31.7. The van der Waals surface area contributed by atoms with Crippen LogP contribution in [0.2, 0.25) is 0 Å². The summed E-state index contributed by atoms with van der Waals surface area (Å²) in [7, 11) is 0. The van der Waals surface area contributed by atoms with Crippen LogP contribution < -0.4 is 0 Å². The summed E-state index contributed by atoms with van der Waals surface area (Å²) in [6.07, 6.45) is 1.000. The molecule has 132 valence electrons. The second kappa shape index (κ2) is 5.93. The van der Waals surface area contributed by atoms with Crippen LogP contribution in [0.25, 0.3) is 44.8 Å². The molecule has 0 fully saturated rings. The zero-order valence-corrected chi connectivity index (χ0v) is 15.2. The van der Waals surface area contributed by atoms with Crippen LogP contribution in [0.4, 0.5) is 0 Å². The molecule has 5 aromatic rings. The fourth-order valence-corrected chi connectivity index (χ4v) is 4.12. The van der Waals surface area contributed by atoms with Crippen molar-refractivity contribution in [1.29, 1.82) is 0 Å². The molecule has 4 aromatic carbocycles. The van der Waals surface area contributed by atoms with Crippen molar-refractivity contribution in [2.24, 2.45) is 0 Å². The molecule has 1 heterocycles. The highest BCUT2D eigenvalue weighted by atomic mass is 16.3. The lowest BCUT2D eigenvalue weighted by Crippen LogP contribution is -1.83. The average molecular weight is 359 g/mol. The van der Waals surface area contributed by atoms with Crippen LogP contribution in [0, 0.1) is 0 Å². The number of oxazole rings is 1. The minimum atomic E-state index is 0.674. The van der Waals surface area contributed by atoms with E-state index in [2.05, 4.69) is 78.9 Å². The maximum atomic E-state index is 6.08. The smallest absolute Gasteiger partial charge is 0.227 e. The van der Waals surface area contributed by atoms with Crippen molar-refractivity contribution in [3.05, 3.63) is 102 Å². The molecule has 0 bridgehead atoms. The highest BCUT2D eigenvalue weighted by Gasteiger charge is 2.19. The molecule has 0 spiro atoms. The normalized spacial score (nSPS) is 12.1. The van der Waals surface area contributed by atoms with Gasteiger partial charge in [-0.15, -0.1) is 0 Å². The van der Waals surface area contributed by atoms with Gasteiger partial charge in [0.05, 0.1) is 0 Å². The first-order valence-corrected chi connectivity index (χ1v) is 9.53. The molecule has 28 heavy (non-hydrogen) atoms. The highest BCUT2D eigenvalue weighted by molar-refractivity contribution is 5.84. The van der Waals surface area contributed by atoms with Gasteiger partial charge in [0.15, 0.2) is 5.58 Å². The van der Waals surface area contributed by atoms with Gasteiger partial charge in [-0.3, -0.25) is 0 Å². The van der Waals surface area contributed by atoms with Crippen molar-refractivity contribution in [2.75, 3.05) is 0 Å². The van der Waals surface area contributed by atoms with Crippen molar-refractivity contribution < 1.29 is 4.42 Å². The first-order valence-electron chi connectivity index (χ1n) is 9.53. The van der Waals surface area contributed by atoms with E-state index < -0.39 is 0 Å². The molecule has 1 aliphatic carbocycles. The van der Waals surface area contributed by atoms with E-state index >= 15 is 0 Å². The largest absolute Gasteiger partial charge is 0.436 e. The molecular formula is C26H17NO. The van der Waals surface area contributed by atoms with Crippen LogP contribution in [0.3, 0.4) is 0 Å². The molecule has 0 amide bonds. The van der Waals surface area contributed by atoms with Gasteiger partial charge in [0, 0.05) is 5.56 Å². The lowest BCUT2D eigenvalue weighted by molar-refractivity contribution is 0.620. The molecule has 0 aliphatic heterocycles. The zero-order chi connectivity index (χ0) is 18.5. The molecule has 2 nitrogen and oxygen atoms in total. The maximum Gasteiger partial charge on any atom is 0.227 e. The summed E-state index contributed by atoms with van der Waals surface area (Å²) in [4.78, 5) is 4.78. The first-order chi connectivity index (χ1) is 13.8. The van der Waals surface area contributed by atoms with Crippen LogP contribution >= 0.6 is 0 Å². The average Bonchev–Trinajstić information content (AvgIpc) is 3.34. The van der Waals surface area contributed by atoms with Crippen LogP contribution in [0.1, 0.15) is 11.1 Å². The summed E-state index contributed by atoms with van der Waals surface area (Å²) in [5, 5.41) is 0. The molecular weight excluding hydrogens is 342 g/mol. The number of hydrogen-bond donors (Lipinski definition) is 0. The molecule has 0 saturated carbocycles. The predicted octanol–water partition coefficient (Wildman–Crippen LogP) is 6.73. The predicted molar refractivity (Wildman–Crippen MR) is 113 cm³/mol. The van der Waals surface area contributed by atoms with Crippen molar-refractivity contribution >= 4 is 11.1 Å². The fourth-order valence-electron chi connectivity index (χ4n) is 4.12. The Balaban J connectivity index is 1.44. The molecule has 0 unspecified atom stereocenters. The van der Waals surface area contributed by atoms with E-state index in [4.69, 9.17) is 9.40 Å². The van der Waals surface area contributed by atoms with Crippen molar-refractivity contribution in [1.82, 2.24) is 4.98 Å². The van der Waals surface area contributed by atoms with Crippen LogP contribution in [-0.2, 0) is 6.42 Å². The van der Waals surface area contributed by atoms with E-state index in [1.807, 2.05) is 12.1 Å². The summed E-state index contributed by atoms with van der Waals surface area (Å²) in [5.74, 6) is 0.674. The van der Waals surface area contributed by atoms with Gasteiger partial charge >= 0.3 is 0 Å². The maximum absolute atomic E-state index is 6.08. The lowest BCUT2D eigenvalue weighted by atomic mass is 10.0. The third-order valence-electron chi connectivity index (χ3n) is 5.54. The Morgan fingerprint density at radius 2 is 1.39 bits per heavy atom. The van der Waals surface area contributed by atoms with Gasteiger partial charge in [-0.05, 0) is 64.1 Å². The van der Waals surface area contributed by atoms with Gasteiger partial charge in [0.1, 0.15) is 5.52 Å². The SMILES string of the molecule is c1ccc(-c2ccc3oc(-c4ccc5c(c4)-c4ccccc4C5)nc3c2)cc1. The third-order valence-corrected chi connectivity index (χ3v) is 5.54. The number of aromatic nitrogens is 1. The molecule has 2 heteroatoms. The molecule has 0 atom stereocenters. The Morgan fingerprint density at radius 1 is 0.607 bits per heavy atom. The first kappa shape index (κ1) is 15.4. The summed E-state index contributed by atoms with van der Waals surface area (Å²) >= 11 is 0. The summed E-state index contributed by atoms with van der Waals surface area (Å²) in [6.45, 7) is 0. The van der Waals surface area contributed by atoms with Gasteiger partial charge in [-0.2, -0.15) is 0 Å². The highest BCUT2D eigenvalue weighted by Crippen LogP contribution is 2.39. The van der Waals surface area contributed by atoms with Gasteiger partial charge in [0.2, 0.25) is 5.89 Å². The van der Waals surface area contributed by atoms with Gasteiger partial charge in [-0.1, -0.05) is 66.7 Å². The van der Waals surface area contributed by atoms with Crippen LogP contribution in [0.5, 0.6) is 0 Å². The molecule has 1 aliphatic rings. The Hall–Kier alpha value is -3.65. The molecule has 0 N–H and O–H groups in total. The lowest BCUT2D eigenvalue weighted by Gasteiger charge is -2.02. The van der Waals surface area contributed by atoms with Crippen LogP contribution in [-0.4, -0.2) is 4.98 Å². The quantitative estimate of drug-likeness (QED) is 0.342. The standard InChI is InChI=1S/C26H17NO/c1-2-6-17(7-3-1)18-12-13-25-24(16-18)27-26(28-25)21-11-10-20-14-19-8-4-5-9-22(19)23(20)15-21/h1-13,15-16H,14H2. The minimum Gasteiger partial charge on any atom is -0.436 e. The topological polar surface area (TPSA) is 26.0 Å². The number of nitrogens with zero attached hydrogens (tertiary/aromatic N) is 1. The minimum absolute atomic E-state index is 0.674. The van der Waals surface area contributed by atoms with Crippen molar-refractivity contribution in [3.63, 3.8) is 0 Å². The zero-order valence-electron chi connectivity index (χ0n) is 15.2. The van der Waals surface area contributed by atoms with E-state index in [0.717, 1.165) is 28.6 Å². The second-order valence-corrected chi connectivity index (χ2v) is 7.27. The van der Waals surface area contributed by atoms with Crippen molar-refractivity contribution in [2.45, 2.75) is 6.42 Å². The fraction of sp³-hybridized carbons (Fsp3) is 0.0385. The Kier molecular flexibility index (Phi) is 3.26. The van der Waals surface area contributed by atoms with E-state index in [9.17, 15) is 0 Å².